The Labute approximate surface area is 135 Å². The second-order valence-electron chi connectivity index (χ2n) is 6.89. The van der Waals surface area contributed by atoms with Crippen LogP contribution < -0.4 is 10.6 Å². The monoisotopic (exact) mass is 318 g/mol. The van der Waals surface area contributed by atoms with E-state index >= 15 is 0 Å². The summed E-state index contributed by atoms with van der Waals surface area (Å²) in [5.74, 6) is 1.06. The molecule has 0 radical (unpaired) electrons. The molecule has 2 fully saturated rings. The summed E-state index contributed by atoms with van der Waals surface area (Å²) in [6.07, 6.45) is 5.14. The molecule has 1 aromatic rings. The van der Waals surface area contributed by atoms with Crippen LogP contribution in [0.2, 0.25) is 0 Å². The van der Waals surface area contributed by atoms with Crippen LogP contribution >= 0.6 is 0 Å². The van der Waals surface area contributed by atoms with Crippen LogP contribution in [-0.2, 0) is 4.79 Å². The average molecular weight is 318 g/mol. The van der Waals surface area contributed by atoms with Crippen molar-refractivity contribution in [2.45, 2.75) is 38.6 Å². The number of benzene rings is 1. The van der Waals surface area contributed by atoms with Crippen LogP contribution in [0.3, 0.4) is 0 Å². The van der Waals surface area contributed by atoms with E-state index in [1.54, 1.807) is 0 Å². The molecule has 2 bridgehead atoms. The smallest absolute Gasteiger partial charge is 0.251 e. The molecular formula is C18H23FN2O2. The van der Waals surface area contributed by atoms with Crippen molar-refractivity contribution in [3.05, 3.63) is 35.6 Å². The van der Waals surface area contributed by atoms with Crippen molar-refractivity contribution in [1.82, 2.24) is 10.6 Å². The van der Waals surface area contributed by atoms with Gasteiger partial charge in [-0.25, -0.2) is 4.39 Å². The molecule has 0 spiro atoms. The molecule has 5 heteroatoms. The normalized spacial score (nSPS) is 26.8. The van der Waals surface area contributed by atoms with Crippen molar-refractivity contribution >= 4 is 11.8 Å². The lowest BCUT2D eigenvalue weighted by atomic mass is 9.84. The van der Waals surface area contributed by atoms with Crippen molar-refractivity contribution in [1.29, 1.82) is 0 Å². The number of amides is 2. The van der Waals surface area contributed by atoms with Crippen LogP contribution in [0.5, 0.6) is 0 Å². The topological polar surface area (TPSA) is 58.2 Å². The third-order valence-corrected chi connectivity index (χ3v) is 5.32. The molecule has 0 aromatic heterocycles. The number of halogens is 1. The van der Waals surface area contributed by atoms with E-state index in [0.717, 1.165) is 17.9 Å². The van der Waals surface area contributed by atoms with Crippen LogP contribution in [0.25, 0.3) is 0 Å². The minimum absolute atomic E-state index is 0.0828. The Hall–Kier alpha value is -1.91. The van der Waals surface area contributed by atoms with Crippen LogP contribution in [0.4, 0.5) is 4.39 Å². The number of fused-ring (bicyclic) bond motifs is 2. The number of rotatable bonds is 5. The van der Waals surface area contributed by atoms with Crippen LogP contribution in [-0.4, -0.2) is 24.4 Å². The minimum Gasteiger partial charge on any atom is -0.352 e. The third-order valence-electron chi connectivity index (χ3n) is 5.32. The fraction of sp³-hybridized carbons (Fsp3) is 0.556. The predicted molar refractivity (Wildman–Crippen MR) is 85.3 cm³/mol. The van der Waals surface area contributed by atoms with Gasteiger partial charge in [-0.2, -0.15) is 0 Å². The second kappa shape index (κ2) is 6.69. The molecule has 0 aliphatic heterocycles. The van der Waals surface area contributed by atoms with Gasteiger partial charge in [0, 0.05) is 11.6 Å². The van der Waals surface area contributed by atoms with Crippen LogP contribution in [0.1, 0.15) is 43.0 Å². The van der Waals surface area contributed by atoms with Crippen molar-refractivity contribution in [3.8, 4) is 0 Å². The SMILES string of the molecule is CC(NC(=O)CNC(=O)c1cccc(F)c1)C1CC2CCC1C2. The maximum absolute atomic E-state index is 13.1. The predicted octanol–water partition coefficient (Wildman–Crippen LogP) is 2.50. The van der Waals surface area contributed by atoms with E-state index in [9.17, 15) is 14.0 Å². The van der Waals surface area contributed by atoms with Crippen LogP contribution in [0, 0.1) is 23.6 Å². The standard InChI is InChI=1S/C18H23FN2O2/c1-11(16-8-12-5-6-13(16)7-12)21-17(22)10-20-18(23)14-3-2-4-15(19)9-14/h2-4,9,11-13,16H,5-8,10H2,1H3,(H,20,23)(H,21,22). The van der Waals surface area contributed by atoms with Gasteiger partial charge >= 0.3 is 0 Å². The average Bonchev–Trinajstić information content (AvgIpc) is 3.15. The Morgan fingerprint density at radius 3 is 2.78 bits per heavy atom. The molecule has 2 amide bonds. The lowest BCUT2D eigenvalue weighted by Crippen LogP contribution is -2.44. The number of nitrogens with one attached hydrogen (secondary N) is 2. The largest absolute Gasteiger partial charge is 0.352 e. The molecular weight excluding hydrogens is 295 g/mol. The molecule has 124 valence electrons. The minimum atomic E-state index is -0.466. The highest BCUT2D eigenvalue weighted by atomic mass is 19.1. The quantitative estimate of drug-likeness (QED) is 0.876. The summed E-state index contributed by atoms with van der Waals surface area (Å²) < 4.78 is 13.1. The number of hydrogen-bond donors (Lipinski definition) is 2. The Bertz CT molecular complexity index is 604. The number of hydrogen-bond acceptors (Lipinski definition) is 2. The highest BCUT2D eigenvalue weighted by molar-refractivity contribution is 5.96. The van der Waals surface area contributed by atoms with Gasteiger partial charge in [-0.1, -0.05) is 12.5 Å². The number of carbonyl (C=O) groups is 2. The number of carbonyl (C=O) groups excluding carboxylic acids is 2. The molecule has 2 N–H and O–H groups in total. The van der Waals surface area contributed by atoms with E-state index in [2.05, 4.69) is 17.6 Å². The molecule has 23 heavy (non-hydrogen) atoms. The zero-order valence-corrected chi connectivity index (χ0v) is 13.3. The van der Waals surface area contributed by atoms with Crippen molar-refractivity contribution in [3.63, 3.8) is 0 Å². The summed E-state index contributed by atoms with van der Waals surface area (Å²) in [7, 11) is 0. The van der Waals surface area contributed by atoms with Crippen molar-refractivity contribution in [2.75, 3.05) is 6.54 Å². The summed E-state index contributed by atoms with van der Waals surface area (Å²) in [6.45, 7) is 1.97. The van der Waals surface area contributed by atoms with E-state index in [1.165, 1.54) is 43.9 Å². The zero-order chi connectivity index (χ0) is 16.4. The van der Waals surface area contributed by atoms with E-state index in [-0.39, 0.29) is 24.1 Å². The Morgan fingerprint density at radius 2 is 2.13 bits per heavy atom. The summed E-state index contributed by atoms with van der Waals surface area (Å²) in [5, 5.41) is 5.54. The maximum Gasteiger partial charge on any atom is 0.251 e. The van der Waals surface area contributed by atoms with Crippen LogP contribution in [0.15, 0.2) is 24.3 Å². The van der Waals surface area contributed by atoms with E-state index in [4.69, 9.17) is 0 Å². The first-order chi connectivity index (χ1) is 11.0. The van der Waals surface area contributed by atoms with Gasteiger partial charge in [-0.05, 0) is 62.1 Å². The maximum atomic E-state index is 13.1. The zero-order valence-electron chi connectivity index (χ0n) is 13.3. The summed E-state index contributed by atoms with van der Waals surface area (Å²) in [5.41, 5.74) is 0.221. The van der Waals surface area contributed by atoms with Gasteiger partial charge in [-0.3, -0.25) is 9.59 Å². The summed E-state index contributed by atoms with van der Waals surface area (Å²) in [4.78, 5) is 23.9. The lowest BCUT2D eigenvalue weighted by Gasteiger charge is -2.28. The van der Waals surface area contributed by atoms with E-state index in [0.29, 0.717) is 5.92 Å². The van der Waals surface area contributed by atoms with E-state index in [1.807, 2.05) is 0 Å². The molecule has 0 heterocycles. The molecule has 2 aliphatic rings. The Morgan fingerprint density at radius 1 is 1.30 bits per heavy atom. The fourth-order valence-corrected chi connectivity index (χ4v) is 4.21. The lowest BCUT2D eigenvalue weighted by molar-refractivity contribution is -0.121. The highest BCUT2D eigenvalue weighted by Crippen LogP contribution is 2.49. The first-order valence-corrected chi connectivity index (χ1v) is 8.36. The first-order valence-electron chi connectivity index (χ1n) is 8.36. The van der Waals surface area contributed by atoms with E-state index < -0.39 is 11.7 Å². The van der Waals surface area contributed by atoms with Gasteiger partial charge in [0.2, 0.25) is 5.91 Å². The van der Waals surface area contributed by atoms with Gasteiger partial charge < -0.3 is 10.6 Å². The summed E-state index contributed by atoms with van der Waals surface area (Å²) in [6, 6.07) is 5.57. The van der Waals surface area contributed by atoms with Gasteiger partial charge in [0.1, 0.15) is 5.82 Å². The molecule has 1 aromatic carbocycles. The first kappa shape index (κ1) is 16.0. The molecule has 2 aliphatic carbocycles. The fourth-order valence-electron chi connectivity index (χ4n) is 4.21. The molecule has 0 saturated heterocycles. The molecule has 4 unspecified atom stereocenters. The summed E-state index contributed by atoms with van der Waals surface area (Å²) >= 11 is 0. The Kier molecular flexibility index (Phi) is 4.64. The molecule has 4 atom stereocenters. The Balaban J connectivity index is 1.45. The molecule has 3 rings (SSSR count). The van der Waals surface area contributed by atoms with Gasteiger partial charge in [0.05, 0.1) is 6.54 Å². The van der Waals surface area contributed by atoms with Gasteiger partial charge in [0.25, 0.3) is 5.91 Å². The highest BCUT2D eigenvalue weighted by Gasteiger charge is 2.42. The third kappa shape index (κ3) is 3.71. The molecule has 4 nitrogen and oxygen atoms in total. The second-order valence-corrected chi connectivity index (χ2v) is 6.89. The van der Waals surface area contributed by atoms with Gasteiger partial charge in [0.15, 0.2) is 0 Å². The van der Waals surface area contributed by atoms with Gasteiger partial charge in [-0.15, -0.1) is 0 Å². The van der Waals surface area contributed by atoms with Crippen molar-refractivity contribution in [2.24, 2.45) is 17.8 Å². The molecule has 2 saturated carbocycles. The van der Waals surface area contributed by atoms with Crippen molar-refractivity contribution < 1.29 is 14.0 Å².